The third kappa shape index (κ3) is 1.21. The summed E-state index contributed by atoms with van der Waals surface area (Å²) in [4.78, 5) is 5.34. The second-order valence-electron chi connectivity index (χ2n) is 8.74. The van der Waals surface area contributed by atoms with Gasteiger partial charge in [0.15, 0.2) is 0 Å². The fourth-order valence-corrected chi connectivity index (χ4v) is 7.75. The van der Waals surface area contributed by atoms with Gasteiger partial charge in [-0.3, -0.25) is 4.90 Å². The van der Waals surface area contributed by atoms with Gasteiger partial charge in [-0.2, -0.15) is 0 Å². The number of piperidine rings is 4. The number of anilines is 1. The van der Waals surface area contributed by atoms with Crippen LogP contribution in [0.5, 0.6) is 0 Å². The van der Waals surface area contributed by atoms with E-state index in [1.54, 1.807) is 0 Å². The number of rotatable bonds is 1. The zero-order valence-electron chi connectivity index (χ0n) is 14.0. The summed E-state index contributed by atoms with van der Waals surface area (Å²) in [5, 5.41) is 11.6. The van der Waals surface area contributed by atoms with Crippen molar-refractivity contribution in [2.75, 3.05) is 18.5 Å². The highest BCUT2D eigenvalue weighted by atomic mass is 16.3. The molecule has 23 heavy (non-hydrogen) atoms. The molecule has 0 radical (unpaired) electrons. The van der Waals surface area contributed by atoms with E-state index in [1.165, 1.54) is 37.1 Å². The average molecular weight is 310 g/mol. The fraction of sp³-hybridized carbons (Fsp3) is 0.700. The molecule has 0 aromatic heterocycles. The van der Waals surface area contributed by atoms with E-state index in [0.29, 0.717) is 24.0 Å². The van der Waals surface area contributed by atoms with Crippen LogP contribution in [0.2, 0.25) is 0 Å². The van der Waals surface area contributed by atoms with E-state index < -0.39 is 0 Å². The first-order valence-corrected chi connectivity index (χ1v) is 9.44. The maximum absolute atomic E-state index is 11.6. The maximum Gasteiger partial charge on any atom is 0.0704 e. The van der Waals surface area contributed by atoms with E-state index >= 15 is 0 Å². The minimum Gasteiger partial charge on any atom is -0.392 e. The van der Waals surface area contributed by atoms with Crippen LogP contribution >= 0.6 is 0 Å². The van der Waals surface area contributed by atoms with Gasteiger partial charge >= 0.3 is 0 Å². The van der Waals surface area contributed by atoms with Crippen molar-refractivity contribution in [1.82, 2.24) is 4.90 Å². The van der Waals surface area contributed by atoms with Crippen LogP contribution in [0.25, 0.3) is 0 Å². The average Bonchev–Trinajstić information content (AvgIpc) is 2.98. The Morgan fingerprint density at radius 2 is 2.09 bits per heavy atom. The third-order valence-electron chi connectivity index (χ3n) is 8.41. The first-order chi connectivity index (χ1) is 11.2. The van der Waals surface area contributed by atoms with Crippen LogP contribution in [0.15, 0.2) is 24.3 Å². The molecule has 3 heteroatoms. The van der Waals surface area contributed by atoms with E-state index in [4.69, 9.17) is 0 Å². The molecule has 1 N–H and O–H groups in total. The molecule has 9 atom stereocenters. The number of aliphatic hydroxyl groups is 1. The molecule has 4 saturated heterocycles. The van der Waals surface area contributed by atoms with Gasteiger partial charge in [0.2, 0.25) is 0 Å². The lowest BCUT2D eigenvalue weighted by molar-refractivity contribution is -0.100. The van der Waals surface area contributed by atoms with Gasteiger partial charge in [-0.1, -0.05) is 31.5 Å². The maximum atomic E-state index is 11.6. The number of aliphatic hydroxyl groups excluding tert-OH is 1. The Kier molecular flexibility index (Phi) is 2.27. The van der Waals surface area contributed by atoms with Crippen LogP contribution in [-0.4, -0.2) is 47.8 Å². The number of nitrogens with zero attached hydrogens (tertiary/aromatic N) is 2. The Morgan fingerprint density at radius 3 is 2.91 bits per heavy atom. The molecule has 1 spiro atoms. The van der Waals surface area contributed by atoms with Gasteiger partial charge in [0.25, 0.3) is 0 Å². The molecule has 5 bridgehead atoms. The Morgan fingerprint density at radius 1 is 1.26 bits per heavy atom. The van der Waals surface area contributed by atoms with E-state index in [2.05, 4.69) is 48.0 Å². The van der Waals surface area contributed by atoms with Gasteiger partial charge in [0.05, 0.1) is 12.1 Å². The lowest BCUT2D eigenvalue weighted by Crippen LogP contribution is -2.69. The molecule has 3 unspecified atom stereocenters. The number of benzene rings is 1. The fourth-order valence-electron chi connectivity index (χ4n) is 7.75. The summed E-state index contributed by atoms with van der Waals surface area (Å²) in [6, 6.07) is 10.6. The summed E-state index contributed by atoms with van der Waals surface area (Å²) >= 11 is 0. The summed E-state index contributed by atoms with van der Waals surface area (Å²) < 4.78 is 0. The molecule has 3 nitrogen and oxygen atoms in total. The lowest BCUT2D eigenvalue weighted by atomic mass is 9.63. The summed E-state index contributed by atoms with van der Waals surface area (Å²) in [7, 11) is 2.27. The molecule has 1 saturated carbocycles. The van der Waals surface area contributed by atoms with E-state index in [9.17, 15) is 5.11 Å². The van der Waals surface area contributed by atoms with E-state index in [-0.39, 0.29) is 11.5 Å². The molecule has 5 heterocycles. The van der Waals surface area contributed by atoms with Gasteiger partial charge in [-0.05, 0) is 36.3 Å². The van der Waals surface area contributed by atoms with Crippen LogP contribution in [0.4, 0.5) is 5.69 Å². The molecule has 1 aromatic rings. The Balaban J connectivity index is 1.59. The Labute approximate surface area is 138 Å². The summed E-state index contributed by atoms with van der Waals surface area (Å²) in [6.45, 7) is 3.62. The van der Waals surface area contributed by atoms with E-state index in [0.717, 1.165) is 11.8 Å². The van der Waals surface area contributed by atoms with Gasteiger partial charge in [0.1, 0.15) is 0 Å². The smallest absolute Gasteiger partial charge is 0.0704 e. The number of hydrogen-bond donors (Lipinski definition) is 1. The van der Waals surface area contributed by atoms with Crippen molar-refractivity contribution in [2.45, 2.75) is 55.8 Å². The molecule has 7 rings (SSSR count). The topological polar surface area (TPSA) is 26.7 Å². The monoisotopic (exact) mass is 310 g/mol. The highest BCUT2D eigenvalue weighted by Crippen LogP contribution is 2.67. The minimum atomic E-state index is -0.155. The first kappa shape index (κ1) is 13.3. The van der Waals surface area contributed by atoms with Crippen molar-refractivity contribution < 1.29 is 5.11 Å². The van der Waals surface area contributed by atoms with Crippen molar-refractivity contribution in [3.05, 3.63) is 29.8 Å². The first-order valence-electron chi connectivity index (χ1n) is 9.44. The second-order valence-corrected chi connectivity index (χ2v) is 8.74. The highest BCUT2D eigenvalue weighted by molar-refractivity contribution is 5.67. The molecule has 122 valence electrons. The highest BCUT2D eigenvalue weighted by Gasteiger charge is 2.74. The largest absolute Gasteiger partial charge is 0.392 e. The molecule has 1 aromatic carbocycles. The summed E-state index contributed by atoms with van der Waals surface area (Å²) in [6.07, 6.45) is 3.60. The zero-order valence-corrected chi connectivity index (χ0v) is 14.0. The predicted octanol–water partition coefficient (Wildman–Crippen LogP) is 2.24. The van der Waals surface area contributed by atoms with Crippen LogP contribution < -0.4 is 4.90 Å². The number of hydrogen-bond acceptors (Lipinski definition) is 3. The van der Waals surface area contributed by atoms with Gasteiger partial charge < -0.3 is 10.0 Å². The van der Waals surface area contributed by atoms with Crippen LogP contribution in [0.1, 0.15) is 31.7 Å². The number of fused-ring (bicyclic) bond motifs is 2. The SMILES string of the molecule is CC[C@@H]1CN2C3C[C@@H]1[C@@H]1[C@@H](O)C4(C[C@@H]12)c1ccccc1N(C)[C@@H]34. The van der Waals surface area contributed by atoms with Crippen molar-refractivity contribution in [3.63, 3.8) is 0 Å². The number of likely N-dealkylation sites (N-methyl/N-ethyl adjacent to an activating group) is 1. The quantitative estimate of drug-likeness (QED) is 0.862. The van der Waals surface area contributed by atoms with Crippen molar-refractivity contribution >= 4 is 5.69 Å². The van der Waals surface area contributed by atoms with Gasteiger partial charge in [-0.25, -0.2) is 0 Å². The zero-order chi connectivity index (χ0) is 15.5. The van der Waals surface area contributed by atoms with Crippen molar-refractivity contribution in [3.8, 4) is 0 Å². The summed E-state index contributed by atoms with van der Waals surface area (Å²) in [5.41, 5.74) is 2.81. The molecule has 0 amide bonds. The normalized spacial score (nSPS) is 54.5. The summed E-state index contributed by atoms with van der Waals surface area (Å²) in [5.74, 6) is 2.06. The predicted molar refractivity (Wildman–Crippen MR) is 90.6 cm³/mol. The molecule has 5 aliphatic heterocycles. The van der Waals surface area contributed by atoms with Crippen molar-refractivity contribution in [1.29, 1.82) is 0 Å². The van der Waals surface area contributed by atoms with Gasteiger partial charge in [-0.15, -0.1) is 0 Å². The van der Waals surface area contributed by atoms with Crippen molar-refractivity contribution in [2.24, 2.45) is 17.8 Å². The minimum absolute atomic E-state index is 0.000769. The molecular weight excluding hydrogens is 284 g/mol. The molecular formula is C20H26N2O. The number of para-hydroxylation sites is 1. The van der Waals surface area contributed by atoms with E-state index in [1.807, 2.05) is 0 Å². The standard InChI is InChI=1S/C20H26N2O/c1-3-11-10-22-15-8-12(11)17-16(22)9-20(19(17)23)13-6-4-5-7-14(13)21(2)18(15)20/h4-7,11-12,15-19,23H,3,8-10H2,1-2H3/t11-,12+,15?,16+,17+,18+,19-,20?/m1/s1. The van der Waals surface area contributed by atoms with Crippen LogP contribution in [0.3, 0.4) is 0 Å². The van der Waals surface area contributed by atoms with Crippen LogP contribution in [0, 0.1) is 17.8 Å². The Hall–Kier alpha value is -1.06. The second kappa shape index (κ2) is 3.94. The molecule has 1 aliphatic carbocycles. The lowest BCUT2D eigenvalue weighted by Gasteiger charge is -2.60. The third-order valence-corrected chi connectivity index (χ3v) is 8.41. The van der Waals surface area contributed by atoms with Crippen LogP contribution in [-0.2, 0) is 5.41 Å². The van der Waals surface area contributed by atoms with Gasteiger partial charge in [0, 0.05) is 42.7 Å². The Bertz CT molecular complexity index is 690. The molecule has 5 fully saturated rings. The molecule has 6 aliphatic rings.